The average Bonchev–Trinajstić information content (AvgIpc) is 2.50. The molecule has 4 nitrogen and oxygen atoms in total. The average molecular weight is 387 g/mol. The number of unbranched alkanes of at least 4 members (excludes halogenated alkanes) is 1. The quantitative estimate of drug-likeness (QED) is 0.568. The molecule has 0 heterocycles. The Morgan fingerprint density at radius 2 is 2.00 bits per heavy atom. The van der Waals surface area contributed by atoms with Crippen molar-refractivity contribution in [2.75, 3.05) is 19.7 Å². The van der Waals surface area contributed by atoms with Crippen LogP contribution in [0.5, 0.6) is 5.75 Å². The molecule has 0 saturated heterocycles. The maximum Gasteiger partial charge on any atom is 0.261 e. The zero-order valence-corrected chi connectivity index (χ0v) is 15.7. The lowest BCUT2D eigenvalue weighted by Gasteiger charge is -2.22. The van der Waals surface area contributed by atoms with E-state index < -0.39 is 0 Å². The smallest absolute Gasteiger partial charge is 0.261 e. The Bertz CT molecular complexity index is 519. The number of nitrogens with zero attached hydrogens (tertiary/aromatic N) is 1. The van der Waals surface area contributed by atoms with Gasteiger partial charge in [0.05, 0.1) is 12.2 Å². The molecule has 0 aliphatic carbocycles. The summed E-state index contributed by atoms with van der Waals surface area (Å²) in [6.45, 7) is 8.21. The molecule has 0 aliphatic heterocycles. The number of amides is 1. The summed E-state index contributed by atoms with van der Waals surface area (Å²) >= 11 is 8.66. The molecule has 0 aliphatic rings. The van der Waals surface area contributed by atoms with Crippen molar-refractivity contribution in [1.82, 2.24) is 10.2 Å². The molecule has 0 aromatic heterocycles. The first-order chi connectivity index (χ1) is 10.5. The Kier molecular flexibility index (Phi) is 8.42. The van der Waals surface area contributed by atoms with Crippen LogP contribution in [0.2, 0.25) is 0 Å². The van der Waals surface area contributed by atoms with Crippen molar-refractivity contribution in [3.8, 4) is 5.75 Å². The van der Waals surface area contributed by atoms with E-state index in [1.165, 1.54) is 0 Å². The predicted molar refractivity (Wildman–Crippen MR) is 97.5 cm³/mol. The van der Waals surface area contributed by atoms with Gasteiger partial charge in [-0.05, 0) is 50.7 Å². The van der Waals surface area contributed by atoms with E-state index in [1.54, 1.807) is 12.1 Å². The Morgan fingerprint density at radius 3 is 2.59 bits per heavy atom. The van der Waals surface area contributed by atoms with Crippen molar-refractivity contribution in [2.24, 2.45) is 0 Å². The van der Waals surface area contributed by atoms with E-state index in [2.05, 4.69) is 28.2 Å². The van der Waals surface area contributed by atoms with Crippen LogP contribution in [0.25, 0.3) is 0 Å². The van der Waals surface area contributed by atoms with E-state index in [0.29, 0.717) is 23.0 Å². The highest BCUT2D eigenvalue weighted by Crippen LogP contribution is 2.23. The molecule has 0 unspecified atom stereocenters. The monoisotopic (exact) mass is 386 g/mol. The fraction of sp³-hybridized carbons (Fsp3) is 0.500. The minimum atomic E-state index is -0.246. The fourth-order valence-corrected chi connectivity index (χ4v) is 2.60. The van der Waals surface area contributed by atoms with Gasteiger partial charge < -0.3 is 9.64 Å². The van der Waals surface area contributed by atoms with Crippen molar-refractivity contribution in [3.63, 3.8) is 0 Å². The summed E-state index contributed by atoms with van der Waals surface area (Å²) in [7, 11) is 0. The van der Waals surface area contributed by atoms with Crippen molar-refractivity contribution >= 4 is 39.2 Å². The van der Waals surface area contributed by atoms with E-state index >= 15 is 0 Å². The number of thiocarbonyl (C=S) groups is 1. The molecule has 1 aromatic rings. The van der Waals surface area contributed by atoms with Crippen molar-refractivity contribution in [3.05, 3.63) is 28.2 Å². The van der Waals surface area contributed by atoms with Crippen molar-refractivity contribution < 1.29 is 9.53 Å². The minimum absolute atomic E-state index is 0.246. The molecule has 1 amide bonds. The number of carbonyl (C=O) groups is 1. The number of rotatable bonds is 7. The Morgan fingerprint density at radius 1 is 1.32 bits per heavy atom. The summed E-state index contributed by atoms with van der Waals surface area (Å²) in [5, 5.41) is 3.21. The molecule has 6 heteroatoms. The summed E-state index contributed by atoms with van der Waals surface area (Å²) < 4.78 is 6.54. The summed E-state index contributed by atoms with van der Waals surface area (Å²) in [4.78, 5) is 14.4. The van der Waals surface area contributed by atoms with Crippen LogP contribution in [0.15, 0.2) is 22.7 Å². The number of carbonyl (C=O) groups excluding carboxylic acids is 1. The zero-order chi connectivity index (χ0) is 16.5. The molecule has 0 saturated carbocycles. The van der Waals surface area contributed by atoms with Crippen LogP contribution in [-0.4, -0.2) is 35.6 Å². The van der Waals surface area contributed by atoms with Crippen LogP contribution in [-0.2, 0) is 0 Å². The molecule has 1 aromatic carbocycles. The zero-order valence-electron chi connectivity index (χ0n) is 13.3. The lowest BCUT2D eigenvalue weighted by Crippen LogP contribution is -2.42. The van der Waals surface area contributed by atoms with Gasteiger partial charge in [0, 0.05) is 17.6 Å². The standard InChI is InChI=1S/C16H23BrN2O2S/c1-4-7-10-21-14-9-8-12(17)11-13(14)15(20)18-16(22)19(5-2)6-3/h8-9,11H,4-7,10H2,1-3H3,(H,18,20,22). The van der Waals surface area contributed by atoms with Crippen molar-refractivity contribution in [1.29, 1.82) is 0 Å². The molecular formula is C16H23BrN2O2S. The first-order valence-electron chi connectivity index (χ1n) is 7.56. The largest absolute Gasteiger partial charge is 0.493 e. The second-order valence-electron chi connectivity index (χ2n) is 4.77. The van der Waals surface area contributed by atoms with Crippen molar-refractivity contribution in [2.45, 2.75) is 33.6 Å². The second kappa shape index (κ2) is 9.79. The van der Waals surface area contributed by atoms with E-state index in [1.807, 2.05) is 24.8 Å². The summed E-state index contributed by atoms with van der Waals surface area (Å²) in [6, 6.07) is 5.41. The van der Waals surface area contributed by atoms with Crippen LogP contribution in [0.3, 0.4) is 0 Å². The Labute approximate surface area is 146 Å². The van der Waals surface area contributed by atoms with E-state index in [-0.39, 0.29) is 5.91 Å². The minimum Gasteiger partial charge on any atom is -0.493 e. The van der Waals surface area contributed by atoms with Gasteiger partial charge in [-0.2, -0.15) is 0 Å². The Balaban J connectivity index is 2.86. The normalized spacial score (nSPS) is 10.2. The third-order valence-corrected chi connectivity index (χ3v) is 4.07. The van der Waals surface area contributed by atoms with Crippen LogP contribution < -0.4 is 10.1 Å². The third-order valence-electron chi connectivity index (χ3n) is 3.21. The topological polar surface area (TPSA) is 41.6 Å². The SMILES string of the molecule is CCCCOc1ccc(Br)cc1C(=O)NC(=S)N(CC)CC. The fourth-order valence-electron chi connectivity index (χ4n) is 1.89. The van der Waals surface area contributed by atoms with Gasteiger partial charge in [0.25, 0.3) is 5.91 Å². The number of hydrogen-bond donors (Lipinski definition) is 1. The Hall–Kier alpha value is -1.14. The van der Waals surface area contributed by atoms with E-state index in [4.69, 9.17) is 17.0 Å². The van der Waals surface area contributed by atoms with Crippen LogP contribution in [0.1, 0.15) is 44.0 Å². The summed E-state index contributed by atoms with van der Waals surface area (Å²) in [6.07, 6.45) is 2.00. The summed E-state index contributed by atoms with van der Waals surface area (Å²) in [5.41, 5.74) is 0.486. The van der Waals surface area contributed by atoms with Crippen LogP contribution in [0, 0.1) is 0 Å². The molecule has 0 radical (unpaired) electrons. The van der Waals surface area contributed by atoms with E-state index in [0.717, 1.165) is 30.4 Å². The van der Waals surface area contributed by atoms with Gasteiger partial charge in [0.2, 0.25) is 0 Å². The molecule has 22 heavy (non-hydrogen) atoms. The number of ether oxygens (including phenoxy) is 1. The number of halogens is 1. The predicted octanol–water partition coefficient (Wildman–Crippen LogP) is 3.98. The second-order valence-corrected chi connectivity index (χ2v) is 6.08. The van der Waals surface area contributed by atoms with Gasteiger partial charge >= 0.3 is 0 Å². The highest BCUT2D eigenvalue weighted by atomic mass is 79.9. The number of nitrogens with one attached hydrogen (secondary N) is 1. The molecule has 1 rings (SSSR count). The highest BCUT2D eigenvalue weighted by molar-refractivity contribution is 9.10. The molecule has 0 fully saturated rings. The highest BCUT2D eigenvalue weighted by Gasteiger charge is 2.16. The molecule has 0 bridgehead atoms. The molecular weight excluding hydrogens is 364 g/mol. The molecule has 0 spiro atoms. The van der Waals surface area contributed by atoms with E-state index in [9.17, 15) is 4.79 Å². The van der Waals surface area contributed by atoms with Gasteiger partial charge in [0.15, 0.2) is 5.11 Å². The van der Waals surface area contributed by atoms with Gasteiger partial charge in [0.1, 0.15) is 5.75 Å². The lowest BCUT2D eigenvalue weighted by molar-refractivity contribution is 0.0969. The first kappa shape index (κ1) is 18.9. The maximum atomic E-state index is 12.5. The summed E-state index contributed by atoms with van der Waals surface area (Å²) in [5.74, 6) is 0.334. The molecule has 0 atom stereocenters. The van der Waals surface area contributed by atoms with Gasteiger partial charge in [-0.1, -0.05) is 29.3 Å². The van der Waals surface area contributed by atoms with Crippen LogP contribution >= 0.6 is 28.1 Å². The first-order valence-corrected chi connectivity index (χ1v) is 8.76. The molecule has 1 N–H and O–H groups in total. The van der Waals surface area contributed by atoms with Gasteiger partial charge in [-0.15, -0.1) is 0 Å². The van der Waals surface area contributed by atoms with Crippen LogP contribution in [0.4, 0.5) is 0 Å². The van der Waals surface area contributed by atoms with Gasteiger partial charge in [-0.25, -0.2) is 0 Å². The maximum absolute atomic E-state index is 12.5. The molecule has 122 valence electrons. The third kappa shape index (κ3) is 5.57. The number of benzene rings is 1. The van der Waals surface area contributed by atoms with Gasteiger partial charge in [-0.3, -0.25) is 10.1 Å². The number of hydrogen-bond acceptors (Lipinski definition) is 3. The lowest BCUT2D eigenvalue weighted by atomic mass is 10.2.